The second-order valence-corrected chi connectivity index (χ2v) is 9.53. The van der Waals surface area contributed by atoms with Crippen LogP contribution in [0.1, 0.15) is 24.0 Å². The Kier molecular flexibility index (Phi) is 8.46. The minimum Gasteiger partial charge on any atom is -0.506 e. The number of aromatic hydroxyl groups is 1. The van der Waals surface area contributed by atoms with Gasteiger partial charge in [0.15, 0.2) is 0 Å². The molecule has 0 fully saturated rings. The number of phenolic OH excluding ortho intramolecular Hbond substituents is 1. The van der Waals surface area contributed by atoms with E-state index in [1.165, 1.54) is 29.8 Å². The molecule has 0 saturated carbocycles. The molecule has 3 rings (SSSR count). The minimum atomic E-state index is -3.91. The fraction of sp³-hybridized carbons (Fsp3) is 0.240. The summed E-state index contributed by atoms with van der Waals surface area (Å²) < 4.78 is 28.2. The van der Waals surface area contributed by atoms with Crippen molar-refractivity contribution in [1.29, 1.82) is 0 Å². The van der Waals surface area contributed by atoms with Gasteiger partial charge in [-0.3, -0.25) is 4.79 Å². The molecule has 33 heavy (non-hydrogen) atoms. The number of amides is 1. The lowest BCUT2D eigenvalue weighted by molar-refractivity contribution is -0.122. The van der Waals surface area contributed by atoms with E-state index in [1.54, 1.807) is 24.3 Å². The van der Waals surface area contributed by atoms with Gasteiger partial charge in [-0.25, -0.2) is 8.42 Å². The lowest BCUT2D eigenvalue weighted by atomic mass is 10.0. The molecule has 0 bridgehead atoms. The van der Waals surface area contributed by atoms with Crippen LogP contribution in [0.25, 0.3) is 0 Å². The van der Waals surface area contributed by atoms with Crippen LogP contribution >= 0.6 is 0 Å². The maximum atomic E-state index is 12.9. The first kappa shape index (κ1) is 24.3. The van der Waals surface area contributed by atoms with Crippen LogP contribution in [0.5, 0.6) is 5.75 Å². The zero-order chi connectivity index (χ0) is 23.7. The van der Waals surface area contributed by atoms with Crippen LogP contribution in [0.4, 0.5) is 5.69 Å². The smallest absolute Gasteiger partial charge is 0.241 e. The number of carbonyl (C=O) groups is 1. The highest BCUT2D eigenvalue weighted by atomic mass is 32.2. The quantitative estimate of drug-likeness (QED) is 0.196. The van der Waals surface area contributed by atoms with Crippen LogP contribution in [0.15, 0.2) is 83.8 Å². The van der Waals surface area contributed by atoms with Gasteiger partial charge in [0.2, 0.25) is 15.9 Å². The molecule has 3 aromatic carbocycles. The molecule has 0 spiro atoms. The monoisotopic (exact) mass is 467 g/mol. The van der Waals surface area contributed by atoms with Crippen molar-refractivity contribution in [3.63, 3.8) is 0 Å². The van der Waals surface area contributed by atoms with Crippen LogP contribution in [-0.4, -0.2) is 32.0 Å². The average Bonchev–Trinajstić information content (AvgIpc) is 2.82. The van der Waals surface area contributed by atoms with E-state index in [-0.39, 0.29) is 22.8 Å². The Labute approximate surface area is 194 Å². The van der Waals surface area contributed by atoms with Gasteiger partial charge in [-0.15, -0.1) is 0 Å². The Morgan fingerprint density at radius 2 is 1.58 bits per heavy atom. The summed E-state index contributed by atoms with van der Waals surface area (Å²) in [6.45, 7) is 0.437. The highest BCUT2D eigenvalue weighted by Crippen LogP contribution is 2.21. The number of sulfonamides is 1. The molecule has 3 aromatic rings. The maximum absolute atomic E-state index is 12.9. The summed E-state index contributed by atoms with van der Waals surface area (Å²) in [5.41, 5.74) is 7.80. The fourth-order valence-corrected chi connectivity index (χ4v) is 4.66. The zero-order valence-corrected chi connectivity index (χ0v) is 19.1. The standard InChI is InChI=1S/C25H29N3O4S/c26-22-17-20(14-15-24(22)29)18-23(28-33(31,32)21-12-5-2-6-13-21)25(30)27-16-8-7-11-19-9-3-1-4-10-19/h1-6,9-10,12-15,17,23,28-29H,7-8,11,16,18,26H2,(H,27,30)/t23-/m0/s1. The van der Waals surface area contributed by atoms with E-state index in [0.29, 0.717) is 12.1 Å². The Bertz CT molecular complexity index is 1150. The van der Waals surface area contributed by atoms with E-state index in [4.69, 9.17) is 5.73 Å². The van der Waals surface area contributed by atoms with Crippen LogP contribution in [0.2, 0.25) is 0 Å². The lowest BCUT2D eigenvalue weighted by Gasteiger charge is -2.19. The molecule has 0 aliphatic rings. The second-order valence-electron chi connectivity index (χ2n) is 7.82. The molecule has 0 aliphatic heterocycles. The number of hydrogen-bond donors (Lipinski definition) is 4. The van der Waals surface area contributed by atoms with Gasteiger partial charge in [-0.1, -0.05) is 54.6 Å². The van der Waals surface area contributed by atoms with Crippen molar-refractivity contribution >= 4 is 21.6 Å². The first-order chi connectivity index (χ1) is 15.8. The number of phenols is 1. The molecule has 0 aromatic heterocycles. The number of aryl methyl sites for hydroxylation is 1. The Hall–Kier alpha value is -3.36. The largest absolute Gasteiger partial charge is 0.506 e. The molecule has 0 radical (unpaired) electrons. The summed E-state index contributed by atoms with van der Waals surface area (Å²) in [7, 11) is -3.91. The Morgan fingerprint density at radius 1 is 0.909 bits per heavy atom. The van der Waals surface area contributed by atoms with Crippen LogP contribution in [0.3, 0.4) is 0 Å². The van der Waals surface area contributed by atoms with Gasteiger partial charge < -0.3 is 16.2 Å². The Balaban J connectivity index is 1.64. The number of nitrogens with one attached hydrogen (secondary N) is 2. The molecule has 5 N–H and O–H groups in total. The number of unbranched alkanes of at least 4 members (excludes halogenated alkanes) is 1. The highest BCUT2D eigenvalue weighted by molar-refractivity contribution is 7.89. The van der Waals surface area contributed by atoms with Crippen molar-refractivity contribution in [3.05, 3.63) is 90.0 Å². The van der Waals surface area contributed by atoms with Gasteiger partial charge in [-0.05, 0) is 61.1 Å². The summed E-state index contributed by atoms with van der Waals surface area (Å²) in [4.78, 5) is 13.0. The van der Waals surface area contributed by atoms with Crippen molar-refractivity contribution in [2.24, 2.45) is 0 Å². The summed E-state index contributed by atoms with van der Waals surface area (Å²) >= 11 is 0. The van der Waals surface area contributed by atoms with Gasteiger partial charge in [-0.2, -0.15) is 4.72 Å². The molecule has 0 saturated heterocycles. The number of nitrogen functional groups attached to an aromatic ring is 1. The summed E-state index contributed by atoms with van der Waals surface area (Å²) in [5.74, 6) is -0.483. The number of rotatable bonds is 11. The van der Waals surface area contributed by atoms with Gasteiger partial charge >= 0.3 is 0 Å². The SMILES string of the molecule is Nc1cc(C[C@H](NS(=O)(=O)c2ccccc2)C(=O)NCCCCc2ccccc2)ccc1O. The van der Waals surface area contributed by atoms with Gasteiger partial charge in [0.05, 0.1) is 10.6 Å². The highest BCUT2D eigenvalue weighted by Gasteiger charge is 2.26. The van der Waals surface area contributed by atoms with Crippen molar-refractivity contribution in [1.82, 2.24) is 10.0 Å². The lowest BCUT2D eigenvalue weighted by Crippen LogP contribution is -2.48. The molecule has 0 heterocycles. The van der Waals surface area contributed by atoms with E-state index in [1.807, 2.05) is 18.2 Å². The number of hydrogen-bond acceptors (Lipinski definition) is 5. The minimum absolute atomic E-state index is 0.0666. The van der Waals surface area contributed by atoms with Crippen LogP contribution < -0.4 is 15.8 Å². The predicted octanol–water partition coefficient (Wildman–Crippen LogP) is 3.00. The molecule has 0 aliphatic carbocycles. The van der Waals surface area contributed by atoms with Gasteiger partial charge in [0, 0.05) is 6.54 Å². The van der Waals surface area contributed by atoms with Crippen molar-refractivity contribution < 1.29 is 18.3 Å². The summed E-state index contributed by atoms with van der Waals surface area (Å²) in [6.07, 6.45) is 2.67. The first-order valence-corrected chi connectivity index (χ1v) is 12.3. The van der Waals surface area contributed by atoms with E-state index < -0.39 is 22.0 Å². The van der Waals surface area contributed by atoms with Crippen molar-refractivity contribution in [2.45, 2.75) is 36.6 Å². The maximum Gasteiger partial charge on any atom is 0.241 e. The number of nitrogens with two attached hydrogens (primary N) is 1. The Morgan fingerprint density at radius 3 is 2.24 bits per heavy atom. The van der Waals surface area contributed by atoms with E-state index in [2.05, 4.69) is 22.2 Å². The van der Waals surface area contributed by atoms with Gasteiger partial charge in [0.1, 0.15) is 11.8 Å². The van der Waals surface area contributed by atoms with E-state index >= 15 is 0 Å². The molecule has 0 unspecified atom stereocenters. The predicted molar refractivity (Wildman–Crippen MR) is 129 cm³/mol. The summed E-state index contributed by atoms with van der Waals surface area (Å²) in [5, 5.41) is 12.5. The normalized spacial score (nSPS) is 12.2. The number of benzene rings is 3. The van der Waals surface area contributed by atoms with Crippen molar-refractivity contribution in [3.8, 4) is 5.75 Å². The number of carbonyl (C=O) groups excluding carboxylic acids is 1. The molecule has 7 nitrogen and oxygen atoms in total. The molecule has 174 valence electrons. The van der Waals surface area contributed by atoms with Crippen LogP contribution in [0, 0.1) is 0 Å². The zero-order valence-electron chi connectivity index (χ0n) is 18.3. The molecule has 1 atom stereocenters. The summed E-state index contributed by atoms with van der Waals surface area (Å²) in [6, 6.07) is 21.5. The topological polar surface area (TPSA) is 122 Å². The number of anilines is 1. The third-order valence-electron chi connectivity index (χ3n) is 5.23. The first-order valence-electron chi connectivity index (χ1n) is 10.8. The molecular weight excluding hydrogens is 438 g/mol. The molecule has 8 heteroatoms. The fourth-order valence-electron chi connectivity index (χ4n) is 3.44. The van der Waals surface area contributed by atoms with Crippen LogP contribution in [-0.2, 0) is 27.7 Å². The van der Waals surface area contributed by atoms with E-state index in [9.17, 15) is 18.3 Å². The van der Waals surface area contributed by atoms with Gasteiger partial charge in [0.25, 0.3) is 0 Å². The third kappa shape index (κ3) is 7.34. The van der Waals surface area contributed by atoms with Crippen molar-refractivity contribution in [2.75, 3.05) is 12.3 Å². The second kappa shape index (κ2) is 11.5. The van der Waals surface area contributed by atoms with E-state index in [0.717, 1.165) is 19.3 Å². The third-order valence-corrected chi connectivity index (χ3v) is 6.72. The molecule has 1 amide bonds. The molecular formula is C25H29N3O4S. The average molecular weight is 468 g/mol.